The van der Waals surface area contributed by atoms with Crippen LogP contribution in [0.25, 0.3) is 10.9 Å². The van der Waals surface area contributed by atoms with Crippen LogP contribution in [-0.2, 0) is 0 Å². The predicted octanol–water partition coefficient (Wildman–Crippen LogP) is 5.44. The van der Waals surface area contributed by atoms with E-state index in [-0.39, 0.29) is 17.0 Å². The van der Waals surface area contributed by atoms with Crippen molar-refractivity contribution in [2.45, 2.75) is 0 Å². The van der Waals surface area contributed by atoms with E-state index in [0.717, 1.165) is 0 Å². The standard InChI is InChI=1S/C24H19FIN3O5/c1-31-19-4-6-27-12-15(19)24(30)29-13-8-16(25)23(17(26)9-13)34-20-5-7-28-18-11-22(33-3)21(32-2)10-14(18)20/h4-12H,1-3H3,(H,29,30). The molecule has 8 nitrogen and oxygen atoms in total. The Bertz CT molecular complexity index is 1360. The van der Waals surface area contributed by atoms with Crippen molar-refractivity contribution in [3.63, 3.8) is 0 Å². The Morgan fingerprint density at radius 2 is 1.65 bits per heavy atom. The van der Waals surface area contributed by atoms with Crippen molar-refractivity contribution >= 4 is 45.1 Å². The molecule has 0 atom stereocenters. The fourth-order valence-electron chi connectivity index (χ4n) is 3.30. The van der Waals surface area contributed by atoms with E-state index in [1.165, 1.54) is 39.8 Å². The van der Waals surface area contributed by atoms with Gasteiger partial charge in [0.15, 0.2) is 23.1 Å². The third-order valence-electron chi connectivity index (χ3n) is 4.92. The van der Waals surface area contributed by atoms with Gasteiger partial charge in [0.2, 0.25) is 0 Å². The first-order valence-electron chi connectivity index (χ1n) is 9.92. The molecular formula is C24H19FIN3O5. The van der Waals surface area contributed by atoms with Crippen LogP contribution in [0.15, 0.2) is 55.0 Å². The first-order valence-corrected chi connectivity index (χ1v) is 11.0. The summed E-state index contributed by atoms with van der Waals surface area (Å²) in [6.45, 7) is 0. The van der Waals surface area contributed by atoms with Crippen LogP contribution in [0.2, 0.25) is 0 Å². The molecule has 0 bridgehead atoms. The van der Waals surface area contributed by atoms with Crippen molar-refractivity contribution in [2.24, 2.45) is 0 Å². The molecule has 34 heavy (non-hydrogen) atoms. The molecule has 0 saturated carbocycles. The lowest BCUT2D eigenvalue weighted by atomic mass is 10.1. The summed E-state index contributed by atoms with van der Waals surface area (Å²) in [6, 6.07) is 9.43. The SMILES string of the molecule is COc1cc2nccc(Oc3c(F)cc(NC(=O)c4cnccc4OC)cc3I)c2cc1OC. The molecular weight excluding hydrogens is 556 g/mol. The highest BCUT2D eigenvalue weighted by atomic mass is 127. The summed E-state index contributed by atoms with van der Waals surface area (Å²) in [7, 11) is 4.51. The number of rotatable bonds is 7. The molecule has 1 amide bonds. The quantitative estimate of drug-likeness (QED) is 0.294. The first-order chi connectivity index (χ1) is 16.4. The summed E-state index contributed by atoms with van der Waals surface area (Å²) < 4.78 is 37.4. The van der Waals surface area contributed by atoms with Gasteiger partial charge in [0.25, 0.3) is 5.91 Å². The highest BCUT2D eigenvalue weighted by Crippen LogP contribution is 2.39. The van der Waals surface area contributed by atoms with Crippen molar-refractivity contribution < 1.29 is 28.1 Å². The first kappa shape index (κ1) is 23.5. The summed E-state index contributed by atoms with van der Waals surface area (Å²) in [5, 5.41) is 3.28. The van der Waals surface area contributed by atoms with Crippen molar-refractivity contribution in [3.8, 4) is 28.7 Å². The number of hydrogen-bond acceptors (Lipinski definition) is 7. The Morgan fingerprint density at radius 3 is 2.35 bits per heavy atom. The second kappa shape index (κ2) is 10.1. The van der Waals surface area contributed by atoms with Crippen LogP contribution in [0.4, 0.5) is 10.1 Å². The molecule has 2 heterocycles. The molecule has 2 aromatic heterocycles. The number of aromatic nitrogens is 2. The number of halogens is 2. The van der Waals surface area contributed by atoms with Crippen LogP contribution in [0.3, 0.4) is 0 Å². The maximum absolute atomic E-state index is 15.1. The van der Waals surface area contributed by atoms with E-state index >= 15 is 4.39 Å². The third kappa shape index (κ3) is 4.67. The fraction of sp³-hybridized carbons (Fsp3) is 0.125. The average molecular weight is 575 g/mol. The summed E-state index contributed by atoms with van der Waals surface area (Å²) >= 11 is 1.95. The van der Waals surface area contributed by atoms with Gasteiger partial charge in [-0.3, -0.25) is 14.8 Å². The topological polar surface area (TPSA) is 91.8 Å². The largest absolute Gasteiger partial charge is 0.496 e. The summed E-state index contributed by atoms with van der Waals surface area (Å²) in [5.41, 5.74) is 1.09. The molecule has 0 unspecified atom stereocenters. The zero-order valence-electron chi connectivity index (χ0n) is 18.4. The molecule has 1 N–H and O–H groups in total. The highest BCUT2D eigenvalue weighted by Gasteiger charge is 2.18. The van der Waals surface area contributed by atoms with Gasteiger partial charge >= 0.3 is 0 Å². The van der Waals surface area contributed by atoms with Gasteiger partial charge in [0.1, 0.15) is 11.5 Å². The molecule has 174 valence electrons. The van der Waals surface area contributed by atoms with Crippen molar-refractivity contribution in [1.82, 2.24) is 9.97 Å². The molecule has 10 heteroatoms. The lowest BCUT2D eigenvalue weighted by molar-refractivity contribution is 0.102. The van der Waals surface area contributed by atoms with Crippen LogP contribution in [0.1, 0.15) is 10.4 Å². The maximum atomic E-state index is 15.1. The van der Waals surface area contributed by atoms with Crippen LogP contribution < -0.4 is 24.3 Å². The molecule has 0 fully saturated rings. The molecule has 0 aliphatic heterocycles. The van der Waals surface area contributed by atoms with Crippen LogP contribution in [0, 0.1) is 9.39 Å². The average Bonchev–Trinajstić information content (AvgIpc) is 2.85. The van der Waals surface area contributed by atoms with Crippen LogP contribution in [-0.4, -0.2) is 37.2 Å². The number of carbonyl (C=O) groups excluding carboxylic acids is 1. The minimum absolute atomic E-state index is 0.0137. The summed E-state index contributed by atoms with van der Waals surface area (Å²) in [5.74, 6) is 0.650. The molecule has 0 radical (unpaired) electrons. The van der Waals surface area contributed by atoms with E-state index in [0.29, 0.717) is 37.5 Å². The number of carbonyl (C=O) groups is 1. The molecule has 0 aliphatic rings. The monoisotopic (exact) mass is 575 g/mol. The number of ether oxygens (including phenoxy) is 4. The second-order valence-electron chi connectivity index (χ2n) is 6.93. The maximum Gasteiger partial charge on any atom is 0.261 e. The lowest BCUT2D eigenvalue weighted by Crippen LogP contribution is -2.14. The lowest BCUT2D eigenvalue weighted by Gasteiger charge is -2.15. The number of amides is 1. The zero-order chi connectivity index (χ0) is 24.2. The number of pyridine rings is 2. The Morgan fingerprint density at radius 1 is 0.941 bits per heavy atom. The van der Waals surface area contributed by atoms with Crippen molar-refractivity contribution in [1.29, 1.82) is 0 Å². The number of fused-ring (bicyclic) bond motifs is 1. The summed E-state index contributed by atoms with van der Waals surface area (Å²) in [6.07, 6.45) is 4.45. The van der Waals surface area contributed by atoms with Crippen molar-refractivity contribution in [2.75, 3.05) is 26.6 Å². The zero-order valence-corrected chi connectivity index (χ0v) is 20.5. The smallest absolute Gasteiger partial charge is 0.261 e. The van der Waals surface area contributed by atoms with E-state index in [9.17, 15) is 4.79 Å². The van der Waals surface area contributed by atoms with Gasteiger partial charge in [-0.05, 0) is 46.9 Å². The van der Waals surface area contributed by atoms with Crippen LogP contribution in [0.5, 0.6) is 28.7 Å². The van der Waals surface area contributed by atoms with Gasteiger partial charge in [-0.2, -0.15) is 0 Å². The molecule has 0 aliphatic carbocycles. The summed E-state index contributed by atoms with van der Waals surface area (Å²) in [4.78, 5) is 20.9. The van der Waals surface area contributed by atoms with E-state index in [2.05, 4.69) is 15.3 Å². The predicted molar refractivity (Wildman–Crippen MR) is 133 cm³/mol. The van der Waals surface area contributed by atoms with E-state index in [1.807, 2.05) is 22.6 Å². The van der Waals surface area contributed by atoms with Gasteiger partial charge < -0.3 is 24.3 Å². The van der Waals surface area contributed by atoms with E-state index in [4.69, 9.17) is 18.9 Å². The Balaban J connectivity index is 1.64. The van der Waals surface area contributed by atoms with Gasteiger partial charge in [-0.25, -0.2) is 4.39 Å². The molecule has 0 spiro atoms. The number of anilines is 1. The molecule has 0 saturated heterocycles. The van der Waals surface area contributed by atoms with E-state index in [1.54, 1.807) is 36.5 Å². The second-order valence-corrected chi connectivity index (χ2v) is 8.10. The molecule has 4 rings (SSSR count). The normalized spacial score (nSPS) is 10.6. The Labute approximate surface area is 208 Å². The Kier molecular flexibility index (Phi) is 6.96. The number of methoxy groups -OCH3 is 3. The highest BCUT2D eigenvalue weighted by molar-refractivity contribution is 14.1. The number of benzene rings is 2. The number of nitrogens with zero attached hydrogens (tertiary/aromatic N) is 2. The van der Waals surface area contributed by atoms with Gasteiger partial charge in [-0.15, -0.1) is 0 Å². The minimum Gasteiger partial charge on any atom is -0.496 e. The van der Waals surface area contributed by atoms with Gasteiger partial charge in [-0.1, -0.05) is 0 Å². The minimum atomic E-state index is -0.647. The van der Waals surface area contributed by atoms with E-state index < -0.39 is 11.7 Å². The van der Waals surface area contributed by atoms with Crippen molar-refractivity contribution in [3.05, 3.63) is 69.9 Å². The third-order valence-corrected chi connectivity index (χ3v) is 5.72. The molecule has 4 aromatic rings. The fourth-order valence-corrected chi connectivity index (χ4v) is 4.01. The van der Waals surface area contributed by atoms with Crippen LogP contribution >= 0.6 is 22.6 Å². The number of hydrogen-bond donors (Lipinski definition) is 1. The Hall–Kier alpha value is -3.67. The molecule has 2 aromatic carbocycles. The van der Waals surface area contributed by atoms with Gasteiger partial charge in [0, 0.05) is 41.8 Å². The van der Waals surface area contributed by atoms with Gasteiger partial charge in [0.05, 0.1) is 36.0 Å². The number of nitrogens with one attached hydrogen (secondary N) is 1.